The van der Waals surface area contributed by atoms with E-state index >= 15 is 0 Å². The van der Waals surface area contributed by atoms with Crippen LogP contribution in [0.1, 0.15) is 46.5 Å². The Hall–Kier alpha value is -0.790. The second-order valence-electron chi connectivity index (χ2n) is 3.26. The first-order valence-electron chi connectivity index (χ1n) is 5.04. The number of carbonyl (C=O) groups excluding carboxylic acids is 1. The molecule has 0 aliphatic rings. The smallest absolute Gasteiger partial charge is 0.330 e. The zero-order chi connectivity index (χ0) is 10.1. The Bertz CT molecular complexity index is 171. The number of esters is 1. The molecule has 0 unspecified atom stereocenters. The molecule has 0 aromatic heterocycles. The van der Waals surface area contributed by atoms with Crippen molar-refractivity contribution in [3.8, 4) is 0 Å². The molecule has 0 spiro atoms. The molecule has 0 atom stereocenters. The highest BCUT2D eigenvalue weighted by Gasteiger charge is 1.97. The van der Waals surface area contributed by atoms with Gasteiger partial charge in [-0.15, -0.1) is 0 Å². The summed E-state index contributed by atoms with van der Waals surface area (Å²) in [7, 11) is 0. The fourth-order valence-corrected chi connectivity index (χ4v) is 1.03. The number of hydrogen-bond donors (Lipinski definition) is 0. The molecule has 0 heterocycles. The summed E-state index contributed by atoms with van der Waals surface area (Å²) < 4.78 is 4.98. The minimum absolute atomic E-state index is 0.195. The van der Waals surface area contributed by atoms with Crippen LogP contribution in [0, 0.1) is 0 Å². The predicted molar refractivity (Wildman–Crippen MR) is 54.5 cm³/mol. The lowest BCUT2D eigenvalue weighted by atomic mass is 10.2. The van der Waals surface area contributed by atoms with Crippen molar-refractivity contribution in [3.05, 3.63) is 11.6 Å². The summed E-state index contributed by atoms with van der Waals surface area (Å²) in [6, 6.07) is 0. The lowest BCUT2D eigenvalue weighted by Gasteiger charge is -2.01. The first-order chi connectivity index (χ1) is 6.20. The Labute approximate surface area is 81.0 Å². The minimum Gasteiger partial charge on any atom is -0.463 e. The average molecular weight is 184 g/mol. The van der Waals surface area contributed by atoms with Gasteiger partial charge in [0.1, 0.15) is 0 Å². The van der Waals surface area contributed by atoms with Gasteiger partial charge in [0.2, 0.25) is 0 Å². The maximum Gasteiger partial charge on any atom is 0.330 e. The molecule has 0 fully saturated rings. The number of allylic oxidation sites excluding steroid dienone is 1. The Morgan fingerprint density at radius 1 is 1.31 bits per heavy atom. The molecule has 2 heteroatoms. The summed E-state index contributed by atoms with van der Waals surface area (Å²) in [6.45, 7) is 6.68. The highest BCUT2D eigenvalue weighted by Crippen LogP contribution is 2.03. The average Bonchev–Trinajstić information content (AvgIpc) is 2.05. The van der Waals surface area contributed by atoms with Gasteiger partial charge in [-0.3, -0.25) is 0 Å². The third kappa shape index (κ3) is 7.57. The van der Waals surface area contributed by atoms with Crippen LogP contribution >= 0.6 is 0 Å². The third-order valence-electron chi connectivity index (χ3n) is 1.75. The summed E-state index contributed by atoms with van der Waals surface area (Å²) in [5.41, 5.74) is 1.10. The van der Waals surface area contributed by atoms with Crippen LogP contribution in [0.15, 0.2) is 11.6 Å². The van der Waals surface area contributed by atoms with Crippen LogP contribution in [0.3, 0.4) is 0 Å². The van der Waals surface area contributed by atoms with Crippen molar-refractivity contribution in [2.75, 3.05) is 6.61 Å². The molecule has 0 aliphatic heterocycles. The lowest BCUT2D eigenvalue weighted by molar-refractivity contribution is -0.137. The Morgan fingerprint density at radius 3 is 2.54 bits per heavy atom. The first kappa shape index (κ1) is 12.2. The number of ether oxygens (including phenoxy) is 1. The number of rotatable bonds is 6. The summed E-state index contributed by atoms with van der Waals surface area (Å²) in [5.74, 6) is -0.195. The topological polar surface area (TPSA) is 26.3 Å². The van der Waals surface area contributed by atoms with Gasteiger partial charge in [0.25, 0.3) is 0 Å². The number of carbonyl (C=O) groups is 1. The molecule has 0 N–H and O–H groups in total. The van der Waals surface area contributed by atoms with Gasteiger partial charge in [-0.1, -0.05) is 32.3 Å². The van der Waals surface area contributed by atoms with Gasteiger partial charge in [0.05, 0.1) is 6.61 Å². The molecule has 0 radical (unpaired) electrons. The molecule has 0 aliphatic carbocycles. The van der Waals surface area contributed by atoms with E-state index in [1.165, 1.54) is 0 Å². The van der Waals surface area contributed by atoms with Gasteiger partial charge in [-0.25, -0.2) is 4.79 Å². The summed E-state index contributed by atoms with van der Waals surface area (Å²) >= 11 is 0. The van der Waals surface area contributed by atoms with E-state index in [-0.39, 0.29) is 5.97 Å². The van der Waals surface area contributed by atoms with Crippen molar-refractivity contribution in [1.82, 2.24) is 0 Å². The molecular formula is C11H20O2. The van der Waals surface area contributed by atoms with E-state index in [9.17, 15) is 4.79 Å². The largest absolute Gasteiger partial charge is 0.463 e. The van der Waals surface area contributed by atoms with Gasteiger partial charge in [0.15, 0.2) is 0 Å². The summed E-state index contributed by atoms with van der Waals surface area (Å²) in [5, 5.41) is 0. The molecule has 0 saturated heterocycles. The molecule has 0 saturated carbocycles. The Balaban J connectivity index is 3.65. The van der Waals surface area contributed by atoms with Gasteiger partial charge in [-0.05, 0) is 19.8 Å². The third-order valence-corrected chi connectivity index (χ3v) is 1.75. The lowest BCUT2D eigenvalue weighted by Crippen LogP contribution is -2.02. The van der Waals surface area contributed by atoms with Crippen molar-refractivity contribution in [2.45, 2.75) is 46.5 Å². The van der Waals surface area contributed by atoms with E-state index in [1.807, 2.05) is 6.92 Å². The predicted octanol–water partition coefficient (Wildman–Crippen LogP) is 3.08. The molecular weight excluding hydrogens is 164 g/mol. The van der Waals surface area contributed by atoms with Crippen LogP contribution in [0.4, 0.5) is 0 Å². The second-order valence-corrected chi connectivity index (χ2v) is 3.26. The highest BCUT2D eigenvalue weighted by atomic mass is 16.5. The van der Waals surface area contributed by atoms with Crippen LogP contribution < -0.4 is 0 Å². The van der Waals surface area contributed by atoms with Crippen LogP contribution in [0.5, 0.6) is 0 Å². The van der Waals surface area contributed by atoms with Crippen LogP contribution in [0.2, 0.25) is 0 Å². The van der Waals surface area contributed by atoms with Crippen molar-refractivity contribution in [2.24, 2.45) is 0 Å². The standard InChI is InChI=1S/C11H20O2/c1-4-6-8-13-11(12)9-10(3)7-5-2/h9H,4-8H2,1-3H3. The Kier molecular flexibility index (Phi) is 7.36. The quantitative estimate of drug-likeness (QED) is 0.360. The zero-order valence-corrected chi connectivity index (χ0v) is 8.93. The van der Waals surface area contributed by atoms with Crippen molar-refractivity contribution < 1.29 is 9.53 Å². The highest BCUT2D eigenvalue weighted by molar-refractivity contribution is 5.82. The fourth-order valence-electron chi connectivity index (χ4n) is 1.03. The number of unbranched alkanes of at least 4 members (excludes halogenated alkanes) is 1. The van der Waals surface area contributed by atoms with Gasteiger partial charge < -0.3 is 4.74 Å². The maximum atomic E-state index is 11.1. The fraction of sp³-hybridized carbons (Fsp3) is 0.727. The van der Waals surface area contributed by atoms with Crippen molar-refractivity contribution in [1.29, 1.82) is 0 Å². The van der Waals surface area contributed by atoms with Crippen molar-refractivity contribution in [3.63, 3.8) is 0 Å². The maximum absolute atomic E-state index is 11.1. The first-order valence-corrected chi connectivity index (χ1v) is 5.04. The molecule has 0 bridgehead atoms. The van der Waals surface area contributed by atoms with E-state index in [0.717, 1.165) is 31.3 Å². The van der Waals surface area contributed by atoms with Gasteiger partial charge in [-0.2, -0.15) is 0 Å². The van der Waals surface area contributed by atoms with Crippen molar-refractivity contribution >= 4 is 5.97 Å². The van der Waals surface area contributed by atoms with E-state index in [4.69, 9.17) is 4.74 Å². The van der Waals surface area contributed by atoms with Crippen LogP contribution in [-0.4, -0.2) is 12.6 Å². The van der Waals surface area contributed by atoms with E-state index < -0.39 is 0 Å². The Morgan fingerprint density at radius 2 is 2.00 bits per heavy atom. The SMILES string of the molecule is CCCCOC(=O)C=C(C)CCC. The zero-order valence-electron chi connectivity index (χ0n) is 8.93. The molecule has 0 aromatic carbocycles. The van der Waals surface area contributed by atoms with Crippen LogP contribution in [-0.2, 0) is 9.53 Å². The van der Waals surface area contributed by atoms with Crippen LogP contribution in [0.25, 0.3) is 0 Å². The summed E-state index contributed by atoms with van der Waals surface area (Å²) in [6.07, 6.45) is 5.66. The number of hydrogen-bond acceptors (Lipinski definition) is 2. The molecule has 0 aromatic rings. The molecule has 13 heavy (non-hydrogen) atoms. The summed E-state index contributed by atoms with van der Waals surface area (Å²) in [4.78, 5) is 11.1. The molecule has 0 amide bonds. The monoisotopic (exact) mass is 184 g/mol. The second kappa shape index (κ2) is 7.84. The van der Waals surface area contributed by atoms with E-state index in [1.54, 1.807) is 6.08 Å². The molecule has 76 valence electrons. The normalized spacial score (nSPS) is 11.5. The minimum atomic E-state index is -0.195. The molecule has 0 rings (SSSR count). The van der Waals surface area contributed by atoms with E-state index in [2.05, 4.69) is 13.8 Å². The van der Waals surface area contributed by atoms with Gasteiger partial charge >= 0.3 is 5.97 Å². The molecule has 2 nitrogen and oxygen atoms in total. The van der Waals surface area contributed by atoms with E-state index in [0.29, 0.717) is 6.61 Å². The van der Waals surface area contributed by atoms with Gasteiger partial charge in [0, 0.05) is 6.08 Å².